The first kappa shape index (κ1) is 33.6. The van der Waals surface area contributed by atoms with Crippen molar-refractivity contribution < 1.29 is 13.6 Å². The second-order valence-corrected chi connectivity index (χ2v) is 17.2. The van der Waals surface area contributed by atoms with E-state index in [0.29, 0.717) is 53.7 Å². The Morgan fingerprint density at radius 2 is 1.47 bits per heavy atom. The van der Waals surface area contributed by atoms with Gasteiger partial charge in [-0.1, -0.05) is 81.4 Å². The molecule has 4 N–H and O–H groups in total. The molecule has 8 nitrogen and oxygen atoms in total. The molecule has 6 aromatic rings. The van der Waals surface area contributed by atoms with E-state index in [1.807, 2.05) is 28.8 Å². The minimum atomic E-state index is -2.70. The summed E-state index contributed by atoms with van der Waals surface area (Å²) in [4.78, 5) is 4.61. The Morgan fingerprint density at radius 3 is 2.08 bits per heavy atom. The first-order valence-corrected chi connectivity index (χ1v) is 18.2. The van der Waals surface area contributed by atoms with Crippen molar-refractivity contribution in [2.24, 2.45) is 0 Å². The Bertz CT molecular complexity index is 1990. The Hall–Kier alpha value is -5.32. The predicted octanol–water partition coefficient (Wildman–Crippen LogP) is 6.82. The minimum Gasteiger partial charge on any atom is -0.495 e. The molecule has 0 aliphatic heterocycles. The van der Waals surface area contributed by atoms with Gasteiger partial charge in [0.05, 0.1) is 24.2 Å². The molecule has 0 saturated heterocycles. The fourth-order valence-corrected chi connectivity index (χ4v) is 11.1. The van der Waals surface area contributed by atoms with Crippen LogP contribution in [0.1, 0.15) is 33.0 Å². The fraction of sp³-hybridized carbons (Fsp3) is 0.205. The van der Waals surface area contributed by atoms with Crippen LogP contribution < -0.4 is 26.6 Å². The van der Waals surface area contributed by atoms with Gasteiger partial charge in [-0.15, -0.1) is 10.2 Å². The molecule has 0 radical (unpaired) electrons. The number of nitrogens with two attached hydrogens (primary N) is 2. The fourth-order valence-electron chi connectivity index (χ4n) is 6.53. The van der Waals surface area contributed by atoms with E-state index in [9.17, 15) is 4.39 Å². The number of aromatic nitrogens is 4. The van der Waals surface area contributed by atoms with Crippen LogP contribution in [0.5, 0.6) is 5.75 Å². The highest BCUT2D eigenvalue weighted by Crippen LogP contribution is 2.39. The van der Waals surface area contributed by atoms with Crippen LogP contribution in [0.25, 0.3) is 28.3 Å². The summed E-state index contributed by atoms with van der Waals surface area (Å²) in [6.07, 6.45) is 2.97. The van der Waals surface area contributed by atoms with Gasteiger partial charge in [-0.05, 0) is 70.4 Å². The third-order valence-electron chi connectivity index (χ3n) is 8.83. The number of benzene rings is 4. The molecule has 2 heterocycles. The van der Waals surface area contributed by atoms with Crippen LogP contribution in [0.4, 0.5) is 15.8 Å². The van der Waals surface area contributed by atoms with Gasteiger partial charge in [0.2, 0.25) is 0 Å². The molecule has 4 aromatic carbocycles. The van der Waals surface area contributed by atoms with E-state index in [0.717, 1.165) is 17.1 Å². The van der Waals surface area contributed by atoms with Crippen molar-refractivity contribution in [2.75, 3.05) is 25.2 Å². The molecule has 6 rings (SSSR count). The summed E-state index contributed by atoms with van der Waals surface area (Å²) in [6, 6.07) is 34.7. The summed E-state index contributed by atoms with van der Waals surface area (Å²) < 4.78 is 28.5. The lowest BCUT2D eigenvalue weighted by molar-refractivity contribution is 0.291. The van der Waals surface area contributed by atoms with Gasteiger partial charge in [-0.2, -0.15) is 0 Å². The van der Waals surface area contributed by atoms with Crippen molar-refractivity contribution in [3.63, 3.8) is 0 Å². The van der Waals surface area contributed by atoms with Gasteiger partial charge in [0.15, 0.2) is 5.82 Å². The first-order chi connectivity index (χ1) is 23.6. The zero-order chi connectivity index (χ0) is 34.6. The third kappa shape index (κ3) is 6.57. The topological polar surface area (TPSA) is 114 Å². The van der Waals surface area contributed by atoms with Gasteiger partial charge in [0.1, 0.15) is 17.4 Å². The smallest absolute Gasteiger partial charge is 0.261 e. The average molecular weight is 673 g/mol. The van der Waals surface area contributed by atoms with E-state index in [1.54, 1.807) is 37.6 Å². The van der Waals surface area contributed by atoms with Crippen LogP contribution in [-0.4, -0.2) is 41.8 Å². The van der Waals surface area contributed by atoms with Gasteiger partial charge < -0.3 is 20.6 Å². The molecular weight excluding hydrogens is 632 g/mol. The van der Waals surface area contributed by atoms with Crippen LogP contribution in [-0.2, 0) is 10.8 Å². The quantitative estimate of drug-likeness (QED) is 0.0883. The molecule has 49 heavy (non-hydrogen) atoms. The highest BCUT2D eigenvalue weighted by atomic mass is 28.4. The summed E-state index contributed by atoms with van der Waals surface area (Å²) in [5.74, 6) is 1.49. The number of ether oxygens (including phenoxy) is 1. The zero-order valence-electron chi connectivity index (χ0n) is 28.2. The second-order valence-electron chi connectivity index (χ2n) is 12.9. The number of rotatable bonds is 11. The molecule has 0 fully saturated rings. The highest BCUT2D eigenvalue weighted by Gasteiger charge is 2.50. The largest absolute Gasteiger partial charge is 0.495 e. The number of hydrogen-bond donors (Lipinski definition) is 2. The third-order valence-corrected chi connectivity index (χ3v) is 13.9. The molecule has 0 bridgehead atoms. The normalized spacial score (nSPS) is 11.9. The van der Waals surface area contributed by atoms with Crippen molar-refractivity contribution >= 4 is 30.1 Å². The van der Waals surface area contributed by atoms with E-state index in [1.165, 1.54) is 22.5 Å². The number of hydrogen-bond acceptors (Lipinski definition) is 7. The molecule has 0 amide bonds. The standard InChI is InChI=1S/C39H41FN6O2Si/c1-39(2,3)49(30-12-7-5-8-13-30,31-14-9-6-10-15-31)48-25-11-16-35-44-45-38(27-17-19-28(40)20-18-27)46(35)29-23-24-43-33(26-29)36-32(41)21-22-34(47-4)37(36)42/h5-10,12-15,17-24,26H,11,16,25,41-42H2,1-4H3. The van der Waals surface area contributed by atoms with Crippen molar-refractivity contribution in [1.82, 2.24) is 19.7 Å². The number of nitrogen functional groups attached to an aromatic ring is 2. The first-order valence-electron chi connectivity index (χ1n) is 16.3. The second kappa shape index (κ2) is 14.0. The maximum atomic E-state index is 13.9. The zero-order valence-corrected chi connectivity index (χ0v) is 29.2. The number of nitrogens with zero attached hydrogens (tertiary/aromatic N) is 4. The summed E-state index contributed by atoms with van der Waals surface area (Å²) >= 11 is 0. The van der Waals surface area contributed by atoms with Crippen molar-refractivity contribution in [3.05, 3.63) is 127 Å². The van der Waals surface area contributed by atoms with Crippen molar-refractivity contribution in [2.45, 2.75) is 38.7 Å². The van der Waals surface area contributed by atoms with Crippen LogP contribution >= 0.6 is 0 Å². The number of aryl methyl sites for hydroxylation is 1. The summed E-state index contributed by atoms with van der Waals surface area (Å²) in [5, 5.41) is 11.6. The van der Waals surface area contributed by atoms with Crippen LogP contribution in [0.15, 0.2) is 115 Å². The lowest BCUT2D eigenvalue weighted by atomic mass is 10.1. The van der Waals surface area contributed by atoms with Gasteiger partial charge in [-0.25, -0.2) is 4.39 Å². The Morgan fingerprint density at radius 1 is 0.816 bits per heavy atom. The molecule has 250 valence electrons. The van der Waals surface area contributed by atoms with E-state index in [2.05, 4.69) is 84.5 Å². The predicted molar refractivity (Wildman–Crippen MR) is 197 cm³/mol. The van der Waals surface area contributed by atoms with Gasteiger partial charge in [0.25, 0.3) is 8.32 Å². The van der Waals surface area contributed by atoms with Crippen molar-refractivity contribution in [1.29, 1.82) is 0 Å². The van der Waals surface area contributed by atoms with Crippen LogP contribution in [0, 0.1) is 5.82 Å². The summed E-state index contributed by atoms with van der Waals surface area (Å²) in [5.41, 5.74) is 16.4. The number of pyridine rings is 1. The molecule has 0 aliphatic rings. The maximum absolute atomic E-state index is 13.9. The molecule has 0 saturated carbocycles. The summed E-state index contributed by atoms with van der Waals surface area (Å²) in [6.45, 7) is 7.33. The van der Waals surface area contributed by atoms with E-state index in [4.69, 9.17) is 20.6 Å². The molecule has 0 aliphatic carbocycles. The molecule has 10 heteroatoms. The number of anilines is 2. The summed E-state index contributed by atoms with van der Waals surface area (Å²) in [7, 11) is -1.14. The Balaban J connectivity index is 1.36. The van der Waals surface area contributed by atoms with Gasteiger partial charge in [-0.3, -0.25) is 9.55 Å². The highest BCUT2D eigenvalue weighted by molar-refractivity contribution is 6.99. The van der Waals surface area contributed by atoms with Gasteiger partial charge >= 0.3 is 0 Å². The number of halogens is 1. The molecular formula is C39H41FN6O2Si. The lowest BCUT2D eigenvalue weighted by Crippen LogP contribution is -2.66. The number of methoxy groups -OCH3 is 1. The molecule has 2 aromatic heterocycles. The van der Waals surface area contributed by atoms with Gasteiger partial charge in [0, 0.05) is 36.0 Å². The minimum absolute atomic E-state index is 0.136. The van der Waals surface area contributed by atoms with Crippen molar-refractivity contribution in [3.8, 4) is 34.1 Å². The molecule has 0 atom stereocenters. The monoisotopic (exact) mass is 672 g/mol. The van der Waals surface area contributed by atoms with Crippen LogP contribution in [0.2, 0.25) is 5.04 Å². The Labute approximate surface area is 287 Å². The SMILES string of the molecule is COc1ccc(N)c(-c2cc(-n3c(CCCO[Si](c4ccccc4)(c4ccccc4)C(C)(C)C)nnc3-c3ccc(F)cc3)ccn2)c1N. The van der Waals surface area contributed by atoms with E-state index in [-0.39, 0.29) is 10.9 Å². The molecule has 0 unspecified atom stereocenters. The lowest BCUT2D eigenvalue weighted by Gasteiger charge is -2.43. The average Bonchev–Trinajstić information content (AvgIpc) is 3.53. The maximum Gasteiger partial charge on any atom is 0.261 e. The Kier molecular flexibility index (Phi) is 9.62. The molecule has 0 spiro atoms. The van der Waals surface area contributed by atoms with E-state index < -0.39 is 8.32 Å². The van der Waals surface area contributed by atoms with E-state index >= 15 is 0 Å². The van der Waals surface area contributed by atoms with Crippen LogP contribution in [0.3, 0.4) is 0 Å².